The molecule has 0 aliphatic rings. The molecule has 86 valence electrons. The number of hydrogen-bond acceptors (Lipinski definition) is 2. The highest BCUT2D eigenvalue weighted by atomic mass is 19.4. The molecule has 0 rings (SSSR count). The maximum Gasteiger partial charge on any atom is 0.405 e. The smallest absolute Gasteiger partial charge is 0.329 e. The fourth-order valence-corrected chi connectivity index (χ4v) is 1.18. The third-order valence-corrected chi connectivity index (χ3v) is 2.89. The molecule has 1 unspecified atom stereocenters. The van der Waals surface area contributed by atoms with Crippen LogP contribution in [0.2, 0.25) is 0 Å². The van der Waals surface area contributed by atoms with Gasteiger partial charge in [-0.25, -0.2) is 0 Å². The lowest BCUT2D eigenvalue weighted by Gasteiger charge is -2.40. The predicted octanol–water partition coefficient (Wildman–Crippen LogP) is 2.00. The predicted molar refractivity (Wildman–Crippen MR) is 51.0 cm³/mol. The van der Waals surface area contributed by atoms with E-state index in [0.29, 0.717) is 6.42 Å². The number of likely N-dealkylation sites (N-methyl/N-ethyl adjacent to an activating group) is 1. The quantitative estimate of drug-likeness (QED) is 0.772. The SMILES string of the molecule is CCC(C)(C)N(C)C(CN)C(F)(F)F. The summed E-state index contributed by atoms with van der Waals surface area (Å²) in [4.78, 5) is 1.30. The van der Waals surface area contributed by atoms with Crippen molar-refractivity contribution in [1.29, 1.82) is 0 Å². The van der Waals surface area contributed by atoms with Gasteiger partial charge in [-0.15, -0.1) is 0 Å². The van der Waals surface area contributed by atoms with Crippen molar-refractivity contribution in [2.24, 2.45) is 5.73 Å². The molecule has 0 aliphatic heterocycles. The number of nitrogens with two attached hydrogens (primary N) is 1. The molecule has 0 spiro atoms. The Morgan fingerprint density at radius 2 is 1.71 bits per heavy atom. The van der Waals surface area contributed by atoms with Crippen molar-refractivity contribution in [2.45, 2.75) is 44.9 Å². The topological polar surface area (TPSA) is 29.3 Å². The van der Waals surface area contributed by atoms with Gasteiger partial charge in [-0.1, -0.05) is 6.92 Å². The van der Waals surface area contributed by atoms with E-state index >= 15 is 0 Å². The average molecular weight is 212 g/mol. The first-order valence-corrected chi connectivity index (χ1v) is 4.66. The summed E-state index contributed by atoms with van der Waals surface area (Å²) in [6.07, 6.45) is -3.61. The van der Waals surface area contributed by atoms with Gasteiger partial charge in [0.05, 0.1) is 0 Å². The number of nitrogens with zero attached hydrogens (tertiary/aromatic N) is 1. The van der Waals surface area contributed by atoms with Crippen molar-refractivity contribution in [3.05, 3.63) is 0 Å². The van der Waals surface area contributed by atoms with Crippen molar-refractivity contribution in [3.63, 3.8) is 0 Å². The summed E-state index contributed by atoms with van der Waals surface area (Å²) in [6.45, 7) is 5.02. The van der Waals surface area contributed by atoms with Crippen LogP contribution in [-0.2, 0) is 0 Å². The molecule has 1 atom stereocenters. The van der Waals surface area contributed by atoms with Gasteiger partial charge >= 0.3 is 6.18 Å². The van der Waals surface area contributed by atoms with Gasteiger partial charge in [0.15, 0.2) is 0 Å². The number of rotatable bonds is 4. The molecule has 0 saturated heterocycles. The van der Waals surface area contributed by atoms with Gasteiger partial charge in [0.1, 0.15) is 6.04 Å². The molecule has 0 aromatic heterocycles. The molecular weight excluding hydrogens is 193 g/mol. The third kappa shape index (κ3) is 3.13. The summed E-state index contributed by atoms with van der Waals surface area (Å²) in [5.41, 5.74) is 4.66. The van der Waals surface area contributed by atoms with Gasteiger partial charge in [-0.2, -0.15) is 13.2 Å². The molecule has 14 heavy (non-hydrogen) atoms. The van der Waals surface area contributed by atoms with Gasteiger partial charge in [0, 0.05) is 12.1 Å². The van der Waals surface area contributed by atoms with E-state index in [9.17, 15) is 13.2 Å². The lowest BCUT2D eigenvalue weighted by molar-refractivity contribution is -0.189. The van der Waals surface area contributed by atoms with E-state index in [0.717, 1.165) is 0 Å². The van der Waals surface area contributed by atoms with E-state index in [2.05, 4.69) is 0 Å². The van der Waals surface area contributed by atoms with Gasteiger partial charge < -0.3 is 5.73 Å². The number of alkyl halides is 3. The molecule has 0 aliphatic carbocycles. The lowest BCUT2D eigenvalue weighted by atomic mass is 9.97. The van der Waals surface area contributed by atoms with Gasteiger partial charge in [-0.05, 0) is 27.3 Å². The molecule has 5 heteroatoms. The molecule has 0 radical (unpaired) electrons. The molecule has 0 bridgehead atoms. The highest BCUT2D eigenvalue weighted by molar-refractivity contribution is 4.87. The Balaban J connectivity index is 4.71. The molecule has 0 heterocycles. The van der Waals surface area contributed by atoms with E-state index in [1.54, 1.807) is 13.8 Å². The largest absolute Gasteiger partial charge is 0.405 e. The molecule has 2 N–H and O–H groups in total. The van der Waals surface area contributed by atoms with Crippen molar-refractivity contribution >= 4 is 0 Å². The maximum absolute atomic E-state index is 12.5. The van der Waals surface area contributed by atoms with Crippen LogP contribution in [0, 0.1) is 0 Å². The van der Waals surface area contributed by atoms with E-state index in [1.165, 1.54) is 11.9 Å². The zero-order valence-electron chi connectivity index (χ0n) is 9.15. The van der Waals surface area contributed by atoms with Crippen LogP contribution in [0.5, 0.6) is 0 Å². The Hall–Kier alpha value is -0.290. The standard InChI is InChI=1S/C9H19F3N2/c1-5-8(2,3)14(4)7(6-13)9(10,11)12/h7H,5-6,13H2,1-4H3. The normalized spacial score (nSPS) is 16.1. The summed E-state index contributed by atoms with van der Waals surface area (Å²) in [7, 11) is 1.47. The Morgan fingerprint density at radius 3 is 1.93 bits per heavy atom. The Kier molecular flexibility index (Phi) is 4.39. The van der Waals surface area contributed by atoms with Crippen LogP contribution in [-0.4, -0.2) is 36.2 Å². The number of halogens is 3. The molecule has 0 aromatic carbocycles. The first kappa shape index (κ1) is 13.7. The van der Waals surface area contributed by atoms with Crippen LogP contribution in [0.3, 0.4) is 0 Å². The highest BCUT2D eigenvalue weighted by Crippen LogP contribution is 2.29. The van der Waals surface area contributed by atoms with Crippen LogP contribution < -0.4 is 5.73 Å². The molecule has 0 saturated carbocycles. The zero-order chi connectivity index (χ0) is 11.6. The van der Waals surface area contributed by atoms with E-state index in [4.69, 9.17) is 5.73 Å². The Bertz CT molecular complexity index is 177. The van der Waals surface area contributed by atoms with Crippen molar-refractivity contribution in [3.8, 4) is 0 Å². The first-order chi connectivity index (χ1) is 6.16. The molecule has 2 nitrogen and oxygen atoms in total. The fourth-order valence-electron chi connectivity index (χ4n) is 1.18. The van der Waals surface area contributed by atoms with E-state index < -0.39 is 24.3 Å². The van der Waals surface area contributed by atoms with Crippen LogP contribution >= 0.6 is 0 Å². The highest BCUT2D eigenvalue weighted by Gasteiger charge is 2.44. The lowest BCUT2D eigenvalue weighted by Crippen LogP contribution is -2.56. The second kappa shape index (κ2) is 4.49. The second-order valence-electron chi connectivity index (χ2n) is 4.07. The molecule has 0 aromatic rings. The van der Waals surface area contributed by atoms with E-state index in [-0.39, 0.29) is 0 Å². The van der Waals surface area contributed by atoms with Crippen molar-refractivity contribution < 1.29 is 13.2 Å². The maximum atomic E-state index is 12.5. The van der Waals surface area contributed by atoms with Gasteiger partial charge in [-0.3, -0.25) is 4.90 Å². The Morgan fingerprint density at radius 1 is 1.29 bits per heavy atom. The number of hydrogen-bond donors (Lipinski definition) is 1. The molecule has 0 fully saturated rings. The first-order valence-electron chi connectivity index (χ1n) is 4.66. The molecular formula is C9H19F3N2. The van der Waals surface area contributed by atoms with Crippen LogP contribution in [0.15, 0.2) is 0 Å². The minimum Gasteiger partial charge on any atom is -0.329 e. The summed E-state index contributed by atoms with van der Waals surface area (Å²) in [6, 6.07) is -1.56. The zero-order valence-corrected chi connectivity index (χ0v) is 9.15. The van der Waals surface area contributed by atoms with Crippen molar-refractivity contribution in [2.75, 3.05) is 13.6 Å². The summed E-state index contributed by atoms with van der Waals surface area (Å²) in [5, 5.41) is 0. The summed E-state index contributed by atoms with van der Waals surface area (Å²) >= 11 is 0. The van der Waals surface area contributed by atoms with Gasteiger partial charge in [0.25, 0.3) is 0 Å². The minimum absolute atomic E-state index is 0.399. The Labute approximate surface area is 83.3 Å². The van der Waals surface area contributed by atoms with Crippen molar-refractivity contribution in [1.82, 2.24) is 4.90 Å². The average Bonchev–Trinajstić information content (AvgIpc) is 2.03. The third-order valence-electron chi connectivity index (χ3n) is 2.89. The van der Waals surface area contributed by atoms with E-state index in [1.807, 2.05) is 6.92 Å². The summed E-state index contributed by atoms with van der Waals surface area (Å²) < 4.78 is 37.5. The fraction of sp³-hybridized carbons (Fsp3) is 1.00. The minimum atomic E-state index is -4.25. The van der Waals surface area contributed by atoms with Crippen LogP contribution in [0.25, 0.3) is 0 Å². The van der Waals surface area contributed by atoms with Crippen LogP contribution in [0.1, 0.15) is 27.2 Å². The van der Waals surface area contributed by atoms with Gasteiger partial charge in [0.2, 0.25) is 0 Å². The monoisotopic (exact) mass is 212 g/mol. The summed E-state index contributed by atoms with van der Waals surface area (Å²) in [5.74, 6) is 0. The molecule has 0 amide bonds. The second-order valence-corrected chi connectivity index (χ2v) is 4.07. The van der Waals surface area contributed by atoms with Crippen LogP contribution in [0.4, 0.5) is 13.2 Å².